The number of phenols is 1. The van der Waals surface area contributed by atoms with Gasteiger partial charge in [-0.25, -0.2) is 0 Å². The van der Waals surface area contributed by atoms with Crippen molar-refractivity contribution in [1.29, 1.82) is 0 Å². The summed E-state index contributed by atoms with van der Waals surface area (Å²) in [6.07, 6.45) is 2.58. The summed E-state index contributed by atoms with van der Waals surface area (Å²) in [4.78, 5) is 0. The van der Waals surface area contributed by atoms with Crippen molar-refractivity contribution in [3.63, 3.8) is 0 Å². The van der Waals surface area contributed by atoms with E-state index in [4.69, 9.17) is 4.42 Å². The lowest BCUT2D eigenvalue weighted by Crippen LogP contribution is -2.27. The van der Waals surface area contributed by atoms with Crippen molar-refractivity contribution in [2.24, 2.45) is 0 Å². The number of rotatable bonds is 5. The van der Waals surface area contributed by atoms with Gasteiger partial charge < -0.3 is 14.8 Å². The molecule has 1 heterocycles. The molecule has 2 aromatic rings. The zero-order valence-corrected chi connectivity index (χ0v) is 11.7. The number of benzene rings is 1. The number of hydrogen-bond acceptors (Lipinski definition) is 3. The van der Waals surface area contributed by atoms with Crippen molar-refractivity contribution < 1.29 is 9.52 Å². The Morgan fingerprint density at radius 2 is 1.95 bits per heavy atom. The Morgan fingerprint density at radius 3 is 2.53 bits per heavy atom. The Balaban J connectivity index is 1.91. The first-order chi connectivity index (χ1) is 9.06. The lowest BCUT2D eigenvalue weighted by atomic mass is 10.1. The molecule has 0 fully saturated rings. The van der Waals surface area contributed by atoms with Gasteiger partial charge in [-0.2, -0.15) is 0 Å². The minimum atomic E-state index is 0.348. The van der Waals surface area contributed by atoms with E-state index in [-0.39, 0.29) is 0 Å². The second-order valence-corrected chi connectivity index (χ2v) is 5.14. The maximum Gasteiger partial charge on any atom is 0.121 e. The molecule has 102 valence electrons. The first-order valence-corrected chi connectivity index (χ1v) is 6.61. The van der Waals surface area contributed by atoms with Crippen LogP contribution in [-0.4, -0.2) is 11.1 Å². The minimum absolute atomic E-state index is 0.348. The fraction of sp³-hybridized carbons (Fsp3) is 0.375. The highest BCUT2D eigenvalue weighted by Gasteiger charge is 2.07. The van der Waals surface area contributed by atoms with Gasteiger partial charge in [0.2, 0.25) is 0 Å². The molecule has 2 rings (SSSR count). The van der Waals surface area contributed by atoms with E-state index in [2.05, 4.69) is 12.2 Å². The van der Waals surface area contributed by atoms with E-state index in [9.17, 15) is 5.11 Å². The van der Waals surface area contributed by atoms with Gasteiger partial charge in [-0.1, -0.05) is 12.1 Å². The Morgan fingerprint density at radius 1 is 1.26 bits per heavy atom. The molecule has 0 saturated heterocycles. The molecule has 19 heavy (non-hydrogen) atoms. The van der Waals surface area contributed by atoms with Crippen LogP contribution in [0.1, 0.15) is 29.4 Å². The normalized spacial score (nSPS) is 12.6. The molecule has 0 saturated carbocycles. The number of hydrogen-bond donors (Lipinski definition) is 2. The first kappa shape index (κ1) is 13.7. The highest BCUT2D eigenvalue weighted by Crippen LogP contribution is 2.22. The maximum atomic E-state index is 9.75. The number of furan rings is 1. The van der Waals surface area contributed by atoms with Gasteiger partial charge in [0.25, 0.3) is 0 Å². The van der Waals surface area contributed by atoms with Crippen molar-refractivity contribution in [3.05, 3.63) is 53.0 Å². The first-order valence-electron chi connectivity index (χ1n) is 6.61. The molecule has 0 bridgehead atoms. The molecule has 1 aromatic heterocycles. The number of nitrogens with one attached hydrogen (secondary N) is 1. The van der Waals surface area contributed by atoms with Gasteiger partial charge in [0.15, 0.2) is 0 Å². The predicted molar refractivity (Wildman–Crippen MR) is 76.3 cm³/mol. The second kappa shape index (κ2) is 5.93. The average molecular weight is 259 g/mol. The molecule has 0 aliphatic carbocycles. The standard InChI is InChI=1S/C16H21NO2/c1-11-7-14(8-12(2)16(11)18)10-17-13(3)9-15-5-4-6-19-15/h4-8,13,17-18H,9-10H2,1-3H3. The average Bonchev–Trinajstić information content (AvgIpc) is 2.86. The summed E-state index contributed by atoms with van der Waals surface area (Å²) < 4.78 is 5.34. The monoisotopic (exact) mass is 259 g/mol. The molecule has 0 radical (unpaired) electrons. The third-order valence-electron chi connectivity index (χ3n) is 3.29. The van der Waals surface area contributed by atoms with Crippen molar-refractivity contribution in [1.82, 2.24) is 5.32 Å². The summed E-state index contributed by atoms with van der Waals surface area (Å²) in [6.45, 7) is 6.79. The minimum Gasteiger partial charge on any atom is -0.507 e. The number of aromatic hydroxyl groups is 1. The van der Waals surface area contributed by atoms with Crippen LogP contribution in [0.5, 0.6) is 5.75 Å². The van der Waals surface area contributed by atoms with Crippen LogP contribution in [0.25, 0.3) is 0 Å². The molecule has 0 aliphatic heterocycles. The molecule has 1 atom stereocenters. The van der Waals surface area contributed by atoms with Crippen LogP contribution < -0.4 is 5.32 Å². The van der Waals surface area contributed by atoms with Crippen LogP contribution in [-0.2, 0) is 13.0 Å². The fourth-order valence-corrected chi connectivity index (χ4v) is 2.24. The summed E-state index contributed by atoms with van der Waals surface area (Å²) in [6, 6.07) is 8.30. The van der Waals surface area contributed by atoms with Crippen LogP contribution in [0.4, 0.5) is 0 Å². The molecule has 0 spiro atoms. The largest absolute Gasteiger partial charge is 0.507 e. The lowest BCUT2D eigenvalue weighted by Gasteiger charge is -2.14. The summed E-state index contributed by atoms with van der Waals surface area (Å²) >= 11 is 0. The molecule has 3 heteroatoms. The van der Waals surface area contributed by atoms with Gasteiger partial charge in [-0.15, -0.1) is 0 Å². The summed E-state index contributed by atoms with van der Waals surface area (Å²) in [7, 11) is 0. The van der Waals surface area contributed by atoms with E-state index < -0.39 is 0 Å². The van der Waals surface area contributed by atoms with E-state index in [1.165, 1.54) is 5.56 Å². The molecule has 3 nitrogen and oxygen atoms in total. The molecular weight excluding hydrogens is 238 g/mol. The van der Waals surface area contributed by atoms with Crippen LogP contribution in [0.15, 0.2) is 34.9 Å². The van der Waals surface area contributed by atoms with Crippen LogP contribution in [0.3, 0.4) is 0 Å². The van der Waals surface area contributed by atoms with E-state index in [0.29, 0.717) is 11.8 Å². The van der Waals surface area contributed by atoms with Crippen LogP contribution >= 0.6 is 0 Å². The second-order valence-electron chi connectivity index (χ2n) is 5.14. The zero-order chi connectivity index (χ0) is 13.8. The third-order valence-corrected chi connectivity index (χ3v) is 3.29. The van der Waals surface area contributed by atoms with Crippen molar-refractivity contribution in [2.75, 3.05) is 0 Å². The van der Waals surface area contributed by atoms with Gasteiger partial charge >= 0.3 is 0 Å². The van der Waals surface area contributed by atoms with Crippen molar-refractivity contribution in [2.45, 2.75) is 39.8 Å². The topological polar surface area (TPSA) is 45.4 Å². The van der Waals surface area contributed by atoms with Gasteiger partial charge in [0, 0.05) is 19.0 Å². The quantitative estimate of drug-likeness (QED) is 0.865. The Hall–Kier alpha value is -1.74. The van der Waals surface area contributed by atoms with Crippen molar-refractivity contribution in [3.8, 4) is 5.75 Å². The molecule has 2 N–H and O–H groups in total. The predicted octanol–water partition coefficient (Wildman–Crippen LogP) is 3.32. The highest BCUT2D eigenvalue weighted by atomic mass is 16.3. The molecular formula is C16H21NO2. The van der Waals surface area contributed by atoms with Gasteiger partial charge in [-0.3, -0.25) is 0 Å². The highest BCUT2D eigenvalue weighted by molar-refractivity contribution is 5.42. The summed E-state index contributed by atoms with van der Waals surface area (Å²) in [5.41, 5.74) is 3.05. The smallest absolute Gasteiger partial charge is 0.121 e. The fourth-order valence-electron chi connectivity index (χ4n) is 2.24. The van der Waals surface area contributed by atoms with E-state index in [0.717, 1.165) is 29.9 Å². The van der Waals surface area contributed by atoms with Crippen LogP contribution in [0.2, 0.25) is 0 Å². The number of aryl methyl sites for hydroxylation is 2. The molecule has 1 unspecified atom stereocenters. The Bertz CT molecular complexity index is 509. The molecule has 1 aromatic carbocycles. The summed E-state index contributed by atoms with van der Waals surface area (Å²) in [5, 5.41) is 13.2. The van der Waals surface area contributed by atoms with E-state index >= 15 is 0 Å². The molecule has 0 amide bonds. The van der Waals surface area contributed by atoms with Gasteiger partial charge in [-0.05, 0) is 49.6 Å². The van der Waals surface area contributed by atoms with Crippen LogP contribution in [0, 0.1) is 13.8 Å². The zero-order valence-electron chi connectivity index (χ0n) is 11.7. The summed E-state index contributed by atoms with van der Waals surface area (Å²) in [5.74, 6) is 1.39. The van der Waals surface area contributed by atoms with E-state index in [1.54, 1.807) is 6.26 Å². The maximum absolute atomic E-state index is 9.75. The number of phenolic OH excluding ortho intramolecular Hbond substituents is 1. The van der Waals surface area contributed by atoms with Crippen molar-refractivity contribution >= 4 is 0 Å². The third kappa shape index (κ3) is 3.61. The Labute approximate surface area is 114 Å². The Kier molecular flexibility index (Phi) is 4.27. The van der Waals surface area contributed by atoms with Gasteiger partial charge in [0.05, 0.1) is 6.26 Å². The lowest BCUT2D eigenvalue weighted by molar-refractivity contribution is 0.455. The van der Waals surface area contributed by atoms with Gasteiger partial charge in [0.1, 0.15) is 11.5 Å². The van der Waals surface area contributed by atoms with E-state index in [1.807, 2.05) is 38.1 Å². The molecule has 0 aliphatic rings. The SMILES string of the molecule is Cc1cc(CNC(C)Cc2ccco2)cc(C)c1O.